The molecule has 1 aromatic rings. The van der Waals surface area contributed by atoms with Gasteiger partial charge < -0.3 is 10.8 Å². The number of hydrogen-bond donors (Lipinski definition) is 2. The number of aliphatic hydroxyl groups is 1. The Morgan fingerprint density at radius 1 is 1.38 bits per heavy atom. The highest BCUT2D eigenvalue weighted by Crippen LogP contribution is 2.30. The second-order valence-corrected chi connectivity index (χ2v) is 7.28. The fourth-order valence-electron chi connectivity index (χ4n) is 2.78. The second kappa shape index (κ2) is 6.29. The quantitative estimate of drug-likeness (QED) is 0.809. The predicted octanol–water partition coefficient (Wildman–Crippen LogP) is 1.64. The van der Waals surface area contributed by atoms with Crippen molar-refractivity contribution in [2.45, 2.75) is 43.5 Å². The van der Waals surface area contributed by atoms with E-state index in [0.717, 1.165) is 31.7 Å². The Morgan fingerprint density at radius 2 is 2.00 bits per heavy atom. The number of aliphatic hydroxyl groups excluding tert-OH is 1. The third-order valence-electron chi connectivity index (χ3n) is 3.96. The van der Waals surface area contributed by atoms with E-state index in [4.69, 9.17) is 10.8 Å². The van der Waals surface area contributed by atoms with Gasteiger partial charge in [0.1, 0.15) is 10.7 Å². The minimum Gasteiger partial charge on any atom is -0.398 e. The molecule has 0 bridgehead atoms. The lowest BCUT2D eigenvalue weighted by atomic mass is 10.2. The molecule has 0 radical (unpaired) electrons. The van der Waals surface area contributed by atoms with E-state index >= 15 is 0 Å². The molecule has 1 aliphatic rings. The molecule has 1 fully saturated rings. The summed E-state index contributed by atoms with van der Waals surface area (Å²) in [5, 5.41) is 9.15. The summed E-state index contributed by atoms with van der Waals surface area (Å²) < 4.78 is 40.7. The lowest BCUT2D eigenvalue weighted by Crippen LogP contribution is -2.41. The van der Waals surface area contributed by atoms with Crippen LogP contribution in [-0.4, -0.2) is 37.0 Å². The van der Waals surface area contributed by atoms with E-state index in [9.17, 15) is 12.8 Å². The summed E-state index contributed by atoms with van der Waals surface area (Å²) in [5.41, 5.74) is 6.46. The summed E-state index contributed by atoms with van der Waals surface area (Å²) in [6.07, 6.45) is 3.37. The van der Waals surface area contributed by atoms with E-state index in [1.165, 1.54) is 10.4 Å². The monoisotopic (exact) mass is 316 g/mol. The fraction of sp³-hybridized carbons (Fsp3) is 0.571. The second-order valence-electron chi connectivity index (χ2n) is 5.42. The molecule has 0 saturated heterocycles. The number of nitrogens with zero attached hydrogens (tertiary/aromatic N) is 1. The Hall–Kier alpha value is -1.18. The zero-order chi connectivity index (χ0) is 15.6. The minimum atomic E-state index is -4.00. The summed E-state index contributed by atoms with van der Waals surface area (Å²) in [5.74, 6) is -0.803. The first-order chi connectivity index (χ1) is 9.87. The number of nitrogen functional groups attached to an aromatic ring is 1. The zero-order valence-corrected chi connectivity index (χ0v) is 12.9. The van der Waals surface area contributed by atoms with Crippen LogP contribution in [-0.2, 0) is 10.0 Å². The molecular formula is C14H21FN2O3S. The highest BCUT2D eigenvalue weighted by molar-refractivity contribution is 7.89. The van der Waals surface area contributed by atoms with Gasteiger partial charge in [-0.3, -0.25) is 0 Å². The molecule has 1 aliphatic carbocycles. The summed E-state index contributed by atoms with van der Waals surface area (Å²) >= 11 is 0. The molecule has 118 valence electrons. The van der Waals surface area contributed by atoms with Crippen molar-refractivity contribution in [2.75, 3.05) is 18.9 Å². The maximum atomic E-state index is 14.1. The molecule has 3 N–H and O–H groups in total. The molecule has 0 amide bonds. The van der Waals surface area contributed by atoms with Crippen molar-refractivity contribution in [3.8, 4) is 0 Å². The first kappa shape index (κ1) is 16.2. The SMILES string of the molecule is Cc1cc(F)c(S(=O)(=O)N(CCO)C2CCCC2)cc1N. The number of sulfonamides is 1. The standard InChI is InChI=1S/C14H21FN2O3S/c1-10-8-12(15)14(9-13(10)16)21(19,20)17(6-7-18)11-4-2-3-5-11/h8-9,11,18H,2-7,16H2,1H3. The van der Waals surface area contributed by atoms with Crippen LogP contribution in [0.4, 0.5) is 10.1 Å². The normalized spacial score (nSPS) is 16.8. The van der Waals surface area contributed by atoms with Gasteiger partial charge in [-0.2, -0.15) is 4.31 Å². The van der Waals surface area contributed by atoms with Gasteiger partial charge in [0.15, 0.2) is 0 Å². The number of rotatable bonds is 5. The molecule has 0 atom stereocenters. The number of anilines is 1. The van der Waals surface area contributed by atoms with Crippen molar-refractivity contribution < 1.29 is 17.9 Å². The molecule has 0 spiro atoms. The molecule has 0 unspecified atom stereocenters. The van der Waals surface area contributed by atoms with Gasteiger partial charge in [0.2, 0.25) is 10.0 Å². The average molecular weight is 316 g/mol. The molecular weight excluding hydrogens is 295 g/mol. The van der Waals surface area contributed by atoms with Crippen LogP contribution in [0.1, 0.15) is 31.2 Å². The third kappa shape index (κ3) is 3.20. The van der Waals surface area contributed by atoms with E-state index < -0.39 is 20.7 Å². The van der Waals surface area contributed by atoms with Crippen LogP contribution in [0.2, 0.25) is 0 Å². The predicted molar refractivity (Wildman–Crippen MR) is 78.8 cm³/mol. The largest absolute Gasteiger partial charge is 0.398 e. The highest BCUT2D eigenvalue weighted by atomic mass is 32.2. The Kier molecular flexibility index (Phi) is 4.85. The third-order valence-corrected chi connectivity index (χ3v) is 5.93. The van der Waals surface area contributed by atoms with Crippen molar-refractivity contribution in [2.24, 2.45) is 0 Å². The van der Waals surface area contributed by atoms with Crippen LogP contribution in [0.25, 0.3) is 0 Å². The molecule has 7 heteroatoms. The summed E-state index contributed by atoms with van der Waals surface area (Å²) in [6.45, 7) is 1.30. The topological polar surface area (TPSA) is 83.6 Å². The molecule has 1 aromatic carbocycles. The van der Waals surface area contributed by atoms with Crippen molar-refractivity contribution >= 4 is 15.7 Å². The zero-order valence-electron chi connectivity index (χ0n) is 12.0. The minimum absolute atomic E-state index is 0.0276. The molecule has 0 aromatic heterocycles. The van der Waals surface area contributed by atoms with Crippen LogP contribution in [0.15, 0.2) is 17.0 Å². The van der Waals surface area contributed by atoms with Gasteiger partial charge in [0.05, 0.1) is 6.61 Å². The Morgan fingerprint density at radius 3 is 2.57 bits per heavy atom. The number of nitrogens with two attached hydrogens (primary N) is 1. The summed E-state index contributed by atoms with van der Waals surface area (Å²) in [7, 11) is -4.00. The van der Waals surface area contributed by atoms with Crippen molar-refractivity contribution in [3.63, 3.8) is 0 Å². The average Bonchev–Trinajstić information content (AvgIpc) is 2.93. The van der Waals surface area contributed by atoms with Gasteiger partial charge in [0.25, 0.3) is 0 Å². The lowest BCUT2D eigenvalue weighted by Gasteiger charge is -2.27. The molecule has 1 saturated carbocycles. The van der Waals surface area contributed by atoms with Gasteiger partial charge >= 0.3 is 0 Å². The van der Waals surface area contributed by atoms with E-state index in [0.29, 0.717) is 5.56 Å². The molecule has 5 nitrogen and oxygen atoms in total. The van der Waals surface area contributed by atoms with Gasteiger partial charge in [-0.25, -0.2) is 12.8 Å². The Balaban J connectivity index is 2.45. The van der Waals surface area contributed by atoms with Crippen LogP contribution in [0, 0.1) is 12.7 Å². The van der Waals surface area contributed by atoms with Gasteiger partial charge in [0, 0.05) is 18.3 Å². The number of aryl methyl sites for hydroxylation is 1. The molecule has 0 heterocycles. The van der Waals surface area contributed by atoms with E-state index in [1.807, 2.05) is 0 Å². The molecule has 0 aliphatic heterocycles. The van der Waals surface area contributed by atoms with Crippen molar-refractivity contribution in [3.05, 3.63) is 23.5 Å². The van der Waals surface area contributed by atoms with Crippen molar-refractivity contribution in [1.82, 2.24) is 4.31 Å². The van der Waals surface area contributed by atoms with Crippen LogP contribution in [0.3, 0.4) is 0 Å². The molecule has 2 rings (SSSR count). The van der Waals surface area contributed by atoms with E-state index in [1.54, 1.807) is 6.92 Å². The molecule has 21 heavy (non-hydrogen) atoms. The lowest BCUT2D eigenvalue weighted by molar-refractivity contribution is 0.226. The Bertz CT molecular complexity index is 613. The van der Waals surface area contributed by atoms with Crippen molar-refractivity contribution in [1.29, 1.82) is 0 Å². The maximum Gasteiger partial charge on any atom is 0.246 e. The maximum absolute atomic E-state index is 14.1. The smallest absolute Gasteiger partial charge is 0.246 e. The van der Waals surface area contributed by atoms with Gasteiger partial charge in [-0.05, 0) is 37.5 Å². The fourth-order valence-corrected chi connectivity index (χ4v) is 4.54. The first-order valence-electron chi connectivity index (χ1n) is 7.06. The number of hydrogen-bond acceptors (Lipinski definition) is 4. The number of halogens is 1. The van der Waals surface area contributed by atoms with E-state index in [2.05, 4.69) is 0 Å². The highest BCUT2D eigenvalue weighted by Gasteiger charge is 2.34. The Labute approximate surface area is 124 Å². The van der Waals surface area contributed by atoms with Gasteiger partial charge in [-0.15, -0.1) is 0 Å². The van der Waals surface area contributed by atoms with E-state index in [-0.39, 0.29) is 24.9 Å². The first-order valence-corrected chi connectivity index (χ1v) is 8.50. The van der Waals surface area contributed by atoms with Crippen LogP contribution in [0.5, 0.6) is 0 Å². The summed E-state index contributed by atoms with van der Waals surface area (Å²) in [4.78, 5) is -0.411. The van der Waals surface area contributed by atoms with Crippen LogP contribution < -0.4 is 5.73 Å². The summed E-state index contributed by atoms with van der Waals surface area (Å²) in [6, 6.07) is 2.12. The van der Waals surface area contributed by atoms with Crippen LogP contribution >= 0.6 is 0 Å². The number of benzene rings is 1. The van der Waals surface area contributed by atoms with Gasteiger partial charge in [-0.1, -0.05) is 12.8 Å².